The van der Waals surface area contributed by atoms with Gasteiger partial charge in [-0.25, -0.2) is 15.0 Å². The molecular formula is C45H35N5. The predicted molar refractivity (Wildman–Crippen MR) is 204 cm³/mol. The van der Waals surface area contributed by atoms with Crippen molar-refractivity contribution in [2.24, 2.45) is 0 Å². The Kier molecular flexibility index (Phi) is 6.83. The van der Waals surface area contributed by atoms with Gasteiger partial charge in [0.1, 0.15) is 5.82 Å². The van der Waals surface area contributed by atoms with Crippen molar-refractivity contribution < 1.29 is 0 Å². The van der Waals surface area contributed by atoms with Gasteiger partial charge >= 0.3 is 0 Å². The zero-order valence-electron chi connectivity index (χ0n) is 27.6. The van der Waals surface area contributed by atoms with Gasteiger partial charge in [-0.05, 0) is 43.5 Å². The van der Waals surface area contributed by atoms with Crippen molar-refractivity contribution in [2.75, 3.05) is 0 Å². The van der Waals surface area contributed by atoms with Crippen molar-refractivity contribution in [1.29, 1.82) is 0 Å². The van der Waals surface area contributed by atoms with E-state index in [0.717, 1.165) is 36.2 Å². The van der Waals surface area contributed by atoms with E-state index in [1.54, 1.807) is 0 Å². The van der Waals surface area contributed by atoms with Crippen LogP contribution < -0.4 is 0 Å². The molecule has 1 aliphatic rings. The van der Waals surface area contributed by atoms with E-state index in [1.807, 2.05) is 12.1 Å². The van der Waals surface area contributed by atoms with Gasteiger partial charge in [-0.1, -0.05) is 133 Å². The van der Waals surface area contributed by atoms with E-state index in [9.17, 15) is 0 Å². The summed E-state index contributed by atoms with van der Waals surface area (Å²) in [5, 5.41) is 5.13. The molecule has 0 aliphatic heterocycles. The Hall–Kier alpha value is -6.07. The molecule has 10 rings (SSSR count). The molecule has 9 aromatic rings. The van der Waals surface area contributed by atoms with Crippen molar-refractivity contribution in [1.82, 2.24) is 24.1 Å². The van der Waals surface area contributed by atoms with Gasteiger partial charge in [-0.3, -0.25) is 0 Å². The van der Waals surface area contributed by atoms with Crippen LogP contribution in [0.15, 0.2) is 158 Å². The van der Waals surface area contributed by atoms with Gasteiger partial charge in [0.25, 0.3) is 0 Å². The summed E-state index contributed by atoms with van der Waals surface area (Å²) in [6.45, 7) is 0. The summed E-state index contributed by atoms with van der Waals surface area (Å²) in [5.74, 6) is 2.22. The van der Waals surface area contributed by atoms with Gasteiger partial charge in [0.05, 0.1) is 5.92 Å². The van der Waals surface area contributed by atoms with Gasteiger partial charge in [0.15, 0.2) is 11.6 Å². The Balaban J connectivity index is 1.29. The summed E-state index contributed by atoms with van der Waals surface area (Å²) in [6.07, 6.45) is 3.14. The van der Waals surface area contributed by atoms with Gasteiger partial charge in [-0.15, -0.1) is 0 Å². The molecular weight excluding hydrogens is 611 g/mol. The lowest BCUT2D eigenvalue weighted by molar-refractivity contribution is 0.228. The molecule has 50 heavy (non-hydrogen) atoms. The smallest absolute Gasteiger partial charge is 0.163 e. The molecule has 3 aromatic heterocycles. The fourth-order valence-electron chi connectivity index (χ4n) is 8.67. The van der Waals surface area contributed by atoms with E-state index in [2.05, 4.69) is 155 Å². The van der Waals surface area contributed by atoms with Crippen LogP contribution >= 0.6 is 0 Å². The molecule has 0 amide bonds. The van der Waals surface area contributed by atoms with Gasteiger partial charge in [0, 0.05) is 66.8 Å². The number of hydrogen-bond donors (Lipinski definition) is 0. The summed E-state index contributed by atoms with van der Waals surface area (Å²) in [5.41, 5.74) is 7.01. The van der Waals surface area contributed by atoms with Crippen molar-refractivity contribution in [3.05, 3.63) is 164 Å². The first kappa shape index (κ1) is 28.9. The zero-order chi connectivity index (χ0) is 33.0. The fraction of sp³-hybridized carbons (Fsp3) is 0.133. The topological polar surface area (TPSA) is 48.5 Å². The third-order valence-corrected chi connectivity index (χ3v) is 10.7. The highest BCUT2D eigenvalue weighted by Crippen LogP contribution is 2.51. The van der Waals surface area contributed by atoms with Crippen molar-refractivity contribution in [2.45, 2.75) is 37.3 Å². The summed E-state index contributed by atoms with van der Waals surface area (Å²) < 4.78 is 5.23. The summed E-state index contributed by atoms with van der Waals surface area (Å²) in [4.78, 5) is 16.0. The average molecular weight is 646 g/mol. The van der Waals surface area contributed by atoms with Crippen LogP contribution in [0.2, 0.25) is 0 Å². The first-order valence-electron chi connectivity index (χ1n) is 17.7. The first-order valence-corrected chi connectivity index (χ1v) is 17.7. The highest BCUT2D eigenvalue weighted by molar-refractivity contribution is 6.09. The number of rotatable bonds is 5. The van der Waals surface area contributed by atoms with Crippen LogP contribution in [0.3, 0.4) is 0 Å². The molecule has 0 saturated heterocycles. The highest BCUT2D eigenvalue weighted by atomic mass is 15.1. The Morgan fingerprint density at radius 2 is 0.720 bits per heavy atom. The maximum Gasteiger partial charge on any atom is 0.163 e. The molecule has 1 saturated carbocycles. The van der Waals surface area contributed by atoms with Crippen molar-refractivity contribution >= 4 is 43.6 Å². The lowest BCUT2D eigenvalue weighted by atomic mass is 9.78. The third kappa shape index (κ3) is 4.57. The van der Waals surface area contributed by atoms with E-state index < -0.39 is 0 Å². The lowest BCUT2D eigenvalue weighted by Crippen LogP contribution is -2.32. The molecule has 3 heterocycles. The lowest BCUT2D eigenvalue weighted by Gasteiger charge is -2.40. The molecule has 1 fully saturated rings. The zero-order valence-corrected chi connectivity index (χ0v) is 27.6. The van der Waals surface area contributed by atoms with Crippen LogP contribution in [0.4, 0.5) is 0 Å². The minimum atomic E-state index is -0.0462. The Labute approximate surface area is 290 Å². The molecule has 6 aromatic carbocycles. The largest absolute Gasteiger partial charge is 0.337 e. The van der Waals surface area contributed by atoms with Crippen LogP contribution in [0.1, 0.15) is 43.1 Å². The van der Waals surface area contributed by atoms with E-state index >= 15 is 0 Å². The second kappa shape index (κ2) is 11.8. The second-order valence-electron chi connectivity index (χ2n) is 13.5. The molecule has 2 unspecified atom stereocenters. The normalized spacial score (nSPS) is 18.0. The molecule has 0 spiro atoms. The van der Waals surface area contributed by atoms with Crippen LogP contribution in [-0.2, 0) is 0 Å². The molecule has 0 bridgehead atoms. The van der Waals surface area contributed by atoms with E-state index in [1.165, 1.54) is 43.6 Å². The SMILES string of the molecule is c1ccc(-c2nc(-c3ccccc3)nc(C3C(n4c5ccccc5c5ccccc54)CCCC3n3c4ccccc4c4ccccc43)n2)cc1. The van der Waals surface area contributed by atoms with E-state index in [-0.39, 0.29) is 18.0 Å². The van der Waals surface area contributed by atoms with Crippen LogP contribution in [0.5, 0.6) is 0 Å². The van der Waals surface area contributed by atoms with E-state index in [0.29, 0.717) is 11.6 Å². The quantitative estimate of drug-likeness (QED) is 0.187. The standard InChI is InChI=1S/C45H35N5/c1-3-16-30(17-4-1)43-46-44(31-18-5-2-6-19-31)48-45(47-43)42-40(49-36-24-11-7-20-32(36)33-21-8-12-25-37(33)49)28-15-29-41(42)50-38-26-13-9-22-34(38)35-23-10-14-27-39(35)50/h1-14,16-27,40-42H,15,28-29H2. The average Bonchev–Trinajstić information content (AvgIpc) is 3.71. The Morgan fingerprint density at radius 1 is 0.380 bits per heavy atom. The number of aromatic nitrogens is 5. The maximum absolute atomic E-state index is 5.44. The number of nitrogens with zero attached hydrogens (tertiary/aromatic N) is 5. The highest BCUT2D eigenvalue weighted by Gasteiger charge is 2.41. The van der Waals surface area contributed by atoms with Gasteiger partial charge < -0.3 is 9.13 Å². The van der Waals surface area contributed by atoms with E-state index in [4.69, 9.17) is 15.0 Å². The number of hydrogen-bond acceptors (Lipinski definition) is 3. The monoisotopic (exact) mass is 645 g/mol. The molecule has 5 heteroatoms. The summed E-state index contributed by atoms with van der Waals surface area (Å²) in [7, 11) is 0. The van der Waals surface area contributed by atoms with Crippen LogP contribution in [0.25, 0.3) is 66.4 Å². The maximum atomic E-state index is 5.44. The van der Waals surface area contributed by atoms with Crippen LogP contribution in [-0.4, -0.2) is 24.1 Å². The third-order valence-electron chi connectivity index (χ3n) is 10.7. The number of para-hydroxylation sites is 4. The first-order chi connectivity index (χ1) is 24.8. The minimum Gasteiger partial charge on any atom is -0.337 e. The fourth-order valence-corrected chi connectivity index (χ4v) is 8.67. The summed E-state index contributed by atoms with van der Waals surface area (Å²) in [6, 6.07) is 56.4. The van der Waals surface area contributed by atoms with Gasteiger partial charge in [-0.2, -0.15) is 0 Å². The molecule has 0 N–H and O–H groups in total. The predicted octanol–water partition coefficient (Wildman–Crippen LogP) is 11.2. The van der Waals surface area contributed by atoms with Gasteiger partial charge in [0.2, 0.25) is 0 Å². The molecule has 1 aliphatic carbocycles. The van der Waals surface area contributed by atoms with Crippen LogP contribution in [0, 0.1) is 0 Å². The summed E-state index contributed by atoms with van der Waals surface area (Å²) >= 11 is 0. The molecule has 2 atom stereocenters. The Bertz CT molecular complexity index is 2370. The Morgan fingerprint density at radius 3 is 1.10 bits per heavy atom. The number of fused-ring (bicyclic) bond motifs is 6. The minimum absolute atomic E-state index is 0.0462. The van der Waals surface area contributed by atoms with Crippen molar-refractivity contribution in [3.8, 4) is 22.8 Å². The molecule has 5 nitrogen and oxygen atoms in total. The second-order valence-corrected chi connectivity index (χ2v) is 13.5. The number of benzene rings is 6. The molecule has 0 radical (unpaired) electrons. The van der Waals surface area contributed by atoms with Crippen molar-refractivity contribution in [3.63, 3.8) is 0 Å². The molecule has 240 valence electrons.